The van der Waals surface area contributed by atoms with Crippen molar-refractivity contribution < 1.29 is 13.7 Å². The number of ether oxygens (including phenoxy) is 1. The molecule has 166 valence electrons. The van der Waals surface area contributed by atoms with Crippen molar-refractivity contribution in [1.29, 1.82) is 0 Å². The number of tetrazole rings is 1. The SMILES string of the molecule is Cc1nnn(Cc2cccc(-c3noc(-c4cnn(C)c4COc4ccc(F)cn4)n3)c2)n1. The number of hydrogen-bond acceptors (Lipinski definition) is 9. The average molecular weight is 447 g/mol. The van der Waals surface area contributed by atoms with Crippen molar-refractivity contribution in [2.24, 2.45) is 7.05 Å². The van der Waals surface area contributed by atoms with E-state index in [0.717, 1.165) is 17.3 Å². The summed E-state index contributed by atoms with van der Waals surface area (Å²) in [5.41, 5.74) is 3.10. The van der Waals surface area contributed by atoms with E-state index in [1.165, 1.54) is 16.9 Å². The predicted octanol–water partition coefficient (Wildman–Crippen LogP) is 2.59. The normalized spacial score (nSPS) is 11.1. The van der Waals surface area contributed by atoms with Gasteiger partial charge in [0.2, 0.25) is 11.7 Å². The van der Waals surface area contributed by atoms with E-state index >= 15 is 0 Å². The fourth-order valence-corrected chi connectivity index (χ4v) is 3.22. The van der Waals surface area contributed by atoms with Crippen LogP contribution in [0.4, 0.5) is 4.39 Å². The summed E-state index contributed by atoms with van der Waals surface area (Å²) in [5.74, 6) is 1.22. The first-order valence-electron chi connectivity index (χ1n) is 9.98. The second kappa shape index (κ2) is 8.57. The first-order chi connectivity index (χ1) is 16.0. The van der Waals surface area contributed by atoms with Crippen molar-refractivity contribution >= 4 is 0 Å². The maximum atomic E-state index is 13.1. The Morgan fingerprint density at radius 1 is 1.15 bits per heavy atom. The van der Waals surface area contributed by atoms with Crippen LogP contribution in [-0.4, -0.2) is 45.1 Å². The van der Waals surface area contributed by atoms with Crippen LogP contribution < -0.4 is 4.74 Å². The first kappa shape index (κ1) is 20.4. The average Bonchev–Trinajstić information content (AvgIpc) is 3.54. The van der Waals surface area contributed by atoms with Gasteiger partial charge in [-0.15, -0.1) is 10.2 Å². The molecule has 5 rings (SSSR count). The fraction of sp³-hybridized carbons (Fsp3) is 0.190. The lowest BCUT2D eigenvalue weighted by molar-refractivity contribution is 0.282. The molecule has 4 heterocycles. The van der Waals surface area contributed by atoms with E-state index in [9.17, 15) is 4.39 Å². The Kier molecular flexibility index (Phi) is 5.30. The Bertz CT molecular complexity index is 1390. The summed E-state index contributed by atoms with van der Waals surface area (Å²) in [5, 5.41) is 20.5. The summed E-state index contributed by atoms with van der Waals surface area (Å²) in [6.07, 6.45) is 2.72. The Hall–Kier alpha value is -4.48. The van der Waals surface area contributed by atoms with Crippen LogP contribution >= 0.6 is 0 Å². The lowest BCUT2D eigenvalue weighted by atomic mass is 10.1. The summed E-state index contributed by atoms with van der Waals surface area (Å²) in [6, 6.07) is 10.4. The number of aromatic nitrogens is 9. The van der Waals surface area contributed by atoms with Crippen molar-refractivity contribution in [2.45, 2.75) is 20.1 Å². The lowest BCUT2D eigenvalue weighted by Crippen LogP contribution is -2.05. The van der Waals surface area contributed by atoms with E-state index in [4.69, 9.17) is 9.26 Å². The number of aryl methyl sites for hydroxylation is 2. The molecule has 0 fully saturated rings. The Labute approximate surface area is 186 Å². The molecule has 33 heavy (non-hydrogen) atoms. The van der Waals surface area contributed by atoms with Crippen molar-refractivity contribution in [3.63, 3.8) is 0 Å². The second-order valence-corrected chi connectivity index (χ2v) is 7.22. The van der Waals surface area contributed by atoms with Gasteiger partial charge in [0.05, 0.1) is 30.2 Å². The number of halogens is 1. The Balaban J connectivity index is 1.36. The van der Waals surface area contributed by atoms with Crippen molar-refractivity contribution in [3.05, 3.63) is 71.7 Å². The number of nitrogens with zero attached hydrogens (tertiary/aromatic N) is 9. The van der Waals surface area contributed by atoms with Gasteiger partial charge in [0, 0.05) is 18.7 Å². The minimum absolute atomic E-state index is 0.141. The van der Waals surface area contributed by atoms with E-state index in [-0.39, 0.29) is 6.61 Å². The van der Waals surface area contributed by atoms with Gasteiger partial charge < -0.3 is 9.26 Å². The van der Waals surface area contributed by atoms with E-state index in [1.54, 1.807) is 24.9 Å². The molecule has 0 amide bonds. The van der Waals surface area contributed by atoms with E-state index < -0.39 is 5.82 Å². The van der Waals surface area contributed by atoms with Crippen LogP contribution in [-0.2, 0) is 20.2 Å². The van der Waals surface area contributed by atoms with Crippen LogP contribution in [0.25, 0.3) is 22.8 Å². The van der Waals surface area contributed by atoms with Gasteiger partial charge >= 0.3 is 0 Å². The summed E-state index contributed by atoms with van der Waals surface area (Å²) < 4.78 is 25.9. The highest BCUT2D eigenvalue weighted by Gasteiger charge is 2.19. The maximum Gasteiger partial charge on any atom is 0.261 e. The van der Waals surface area contributed by atoms with E-state index in [0.29, 0.717) is 41.2 Å². The molecule has 0 N–H and O–H groups in total. The molecule has 0 radical (unpaired) electrons. The van der Waals surface area contributed by atoms with Crippen LogP contribution in [0.5, 0.6) is 5.88 Å². The second-order valence-electron chi connectivity index (χ2n) is 7.22. The van der Waals surface area contributed by atoms with Gasteiger partial charge in [-0.05, 0) is 29.8 Å². The molecule has 5 aromatic rings. The third-order valence-electron chi connectivity index (χ3n) is 4.84. The van der Waals surface area contributed by atoms with Crippen LogP contribution in [0.1, 0.15) is 17.1 Å². The minimum atomic E-state index is -0.432. The molecule has 0 bridgehead atoms. The molecule has 0 spiro atoms. The highest BCUT2D eigenvalue weighted by Crippen LogP contribution is 2.26. The molecular weight excluding hydrogens is 429 g/mol. The van der Waals surface area contributed by atoms with Gasteiger partial charge in [-0.3, -0.25) is 4.68 Å². The molecule has 0 saturated carbocycles. The minimum Gasteiger partial charge on any atom is -0.471 e. The Morgan fingerprint density at radius 2 is 2.06 bits per heavy atom. The topological polar surface area (TPSA) is 122 Å². The molecule has 0 aliphatic heterocycles. The monoisotopic (exact) mass is 447 g/mol. The van der Waals surface area contributed by atoms with Gasteiger partial charge in [-0.25, -0.2) is 9.37 Å². The summed E-state index contributed by atoms with van der Waals surface area (Å²) in [7, 11) is 1.78. The Morgan fingerprint density at radius 3 is 2.85 bits per heavy atom. The zero-order valence-electron chi connectivity index (χ0n) is 17.8. The molecular formula is C21H18FN9O2. The zero-order chi connectivity index (χ0) is 22.8. The lowest BCUT2D eigenvalue weighted by Gasteiger charge is -2.06. The van der Waals surface area contributed by atoms with Gasteiger partial charge in [0.1, 0.15) is 12.4 Å². The van der Waals surface area contributed by atoms with Gasteiger partial charge in [-0.1, -0.05) is 23.4 Å². The van der Waals surface area contributed by atoms with E-state index in [1.807, 2.05) is 24.3 Å². The molecule has 1 aromatic carbocycles. The summed E-state index contributed by atoms with van der Waals surface area (Å²) >= 11 is 0. The van der Waals surface area contributed by atoms with Crippen molar-refractivity contribution in [3.8, 4) is 28.7 Å². The molecule has 11 nitrogen and oxygen atoms in total. The van der Waals surface area contributed by atoms with Crippen LogP contribution in [0.2, 0.25) is 0 Å². The number of hydrogen-bond donors (Lipinski definition) is 0. The molecule has 0 aliphatic carbocycles. The summed E-state index contributed by atoms with van der Waals surface area (Å²) in [4.78, 5) is 9.96. The predicted molar refractivity (Wildman–Crippen MR) is 112 cm³/mol. The molecule has 0 atom stereocenters. The fourth-order valence-electron chi connectivity index (χ4n) is 3.22. The molecule has 12 heteroatoms. The molecule has 0 saturated heterocycles. The standard InChI is InChI=1S/C21H18FN9O2/c1-13-26-29-31(27-13)11-14-4-3-5-15(8-14)20-25-21(33-28-20)17-10-24-30(2)18(17)12-32-19-7-6-16(22)9-23-19/h3-10H,11-12H2,1-2H3. The maximum absolute atomic E-state index is 13.1. The van der Waals surface area contributed by atoms with Crippen LogP contribution in [0.3, 0.4) is 0 Å². The largest absolute Gasteiger partial charge is 0.471 e. The first-order valence-corrected chi connectivity index (χ1v) is 9.98. The van der Waals surface area contributed by atoms with E-state index in [2.05, 4.69) is 35.6 Å². The van der Waals surface area contributed by atoms with Crippen molar-refractivity contribution in [2.75, 3.05) is 0 Å². The highest BCUT2D eigenvalue weighted by molar-refractivity contribution is 5.61. The van der Waals surface area contributed by atoms with Gasteiger partial charge in [0.25, 0.3) is 5.89 Å². The van der Waals surface area contributed by atoms with Crippen LogP contribution in [0.15, 0.2) is 53.3 Å². The molecule has 0 unspecified atom stereocenters. The van der Waals surface area contributed by atoms with Crippen molar-refractivity contribution in [1.82, 2.24) is 45.1 Å². The number of pyridine rings is 1. The van der Waals surface area contributed by atoms with Crippen LogP contribution in [0, 0.1) is 12.7 Å². The smallest absolute Gasteiger partial charge is 0.261 e. The molecule has 4 aromatic heterocycles. The third kappa shape index (κ3) is 4.44. The zero-order valence-corrected chi connectivity index (χ0v) is 17.8. The quantitative estimate of drug-likeness (QED) is 0.370. The van der Waals surface area contributed by atoms with Gasteiger partial charge in [0.15, 0.2) is 5.82 Å². The molecule has 0 aliphatic rings. The number of benzene rings is 1. The third-order valence-corrected chi connectivity index (χ3v) is 4.84. The van der Waals surface area contributed by atoms with Gasteiger partial charge in [-0.2, -0.15) is 14.9 Å². The highest BCUT2D eigenvalue weighted by atomic mass is 19.1. The number of rotatable bonds is 7. The summed E-state index contributed by atoms with van der Waals surface area (Å²) in [6.45, 7) is 2.40.